The normalized spacial score (nSPS) is 11.4. The Bertz CT molecular complexity index is 667. The number of nitrogens with zero attached hydrogens (tertiary/aromatic N) is 1. The summed E-state index contributed by atoms with van der Waals surface area (Å²) in [6.45, 7) is 0. The second-order valence-electron chi connectivity index (χ2n) is 4.49. The van der Waals surface area contributed by atoms with Gasteiger partial charge < -0.3 is 19.3 Å². The van der Waals surface area contributed by atoms with Crippen molar-refractivity contribution in [2.24, 2.45) is 0 Å². The van der Waals surface area contributed by atoms with E-state index in [9.17, 15) is 13.2 Å². The number of rotatable bonds is 7. The van der Waals surface area contributed by atoms with E-state index in [2.05, 4.69) is 0 Å². The molecule has 0 atom stereocenters. The van der Waals surface area contributed by atoms with Crippen LogP contribution in [0.3, 0.4) is 0 Å². The predicted octanol–water partition coefficient (Wildman–Crippen LogP) is 0.590. The maximum Gasteiger partial charge on any atom is 0.307 e. The first-order valence-electron chi connectivity index (χ1n) is 6.16. The van der Waals surface area contributed by atoms with Gasteiger partial charge in [0.25, 0.3) is 0 Å². The average Bonchev–Trinajstić information content (AvgIpc) is 2.44. The molecule has 0 bridgehead atoms. The molecule has 0 amide bonds. The van der Waals surface area contributed by atoms with Gasteiger partial charge in [0, 0.05) is 14.1 Å². The van der Waals surface area contributed by atoms with Crippen molar-refractivity contribution in [2.45, 2.75) is 11.3 Å². The summed E-state index contributed by atoms with van der Waals surface area (Å²) >= 11 is 0. The van der Waals surface area contributed by atoms with Crippen LogP contribution in [-0.4, -0.2) is 59.2 Å². The summed E-state index contributed by atoms with van der Waals surface area (Å²) in [7, 11) is 2.72. The third kappa shape index (κ3) is 3.25. The highest BCUT2D eigenvalue weighted by atomic mass is 32.2. The number of methoxy groups -OCH3 is 3. The van der Waals surface area contributed by atoms with Gasteiger partial charge in [-0.05, 0) is 11.6 Å². The summed E-state index contributed by atoms with van der Waals surface area (Å²) in [5.74, 6) is -0.996. The SMILES string of the molecule is COc1cc(CC(=O)O)c(S(=O)(=O)N(C)C)c(OC)c1OC. The maximum absolute atomic E-state index is 12.5. The van der Waals surface area contributed by atoms with Gasteiger partial charge in [0.2, 0.25) is 15.8 Å². The lowest BCUT2D eigenvalue weighted by Crippen LogP contribution is -2.25. The molecule has 0 aliphatic heterocycles. The number of aliphatic carboxylic acids is 1. The minimum atomic E-state index is -3.94. The minimum Gasteiger partial charge on any atom is -0.493 e. The van der Waals surface area contributed by atoms with Crippen molar-refractivity contribution in [1.82, 2.24) is 4.31 Å². The van der Waals surface area contributed by atoms with Crippen LogP contribution < -0.4 is 14.2 Å². The van der Waals surface area contributed by atoms with E-state index in [1.165, 1.54) is 41.5 Å². The number of carboxylic acid groups (broad SMARTS) is 1. The fourth-order valence-corrected chi connectivity index (χ4v) is 3.18. The van der Waals surface area contributed by atoms with Gasteiger partial charge in [-0.15, -0.1) is 0 Å². The number of sulfonamides is 1. The molecule has 0 heterocycles. The largest absolute Gasteiger partial charge is 0.493 e. The molecule has 0 saturated carbocycles. The molecule has 0 spiro atoms. The molecule has 0 fully saturated rings. The molecule has 0 saturated heterocycles. The highest BCUT2D eigenvalue weighted by Crippen LogP contribution is 2.44. The lowest BCUT2D eigenvalue weighted by molar-refractivity contribution is -0.136. The first-order chi connectivity index (χ1) is 10.2. The Morgan fingerprint density at radius 1 is 1.14 bits per heavy atom. The Labute approximate surface area is 129 Å². The van der Waals surface area contributed by atoms with E-state index in [0.717, 1.165) is 4.31 Å². The molecule has 9 heteroatoms. The van der Waals surface area contributed by atoms with E-state index in [-0.39, 0.29) is 27.7 Å². The van der Waals surface area contributed by atoms with Gasteiger partial charge in [0.1, 0.15) is 4.90 Å². The van der Waals surface area contributed by atoms with Gasteiger partial charge >= 0.3 is 5.97 Å². The molecule has 0 aliphatic rings. The van der Waals surface area contributed by atoms with Crippen LogP contribution in [0.15, 0.2) is 11.0 Å². The van der Waals surface area contributed by atoms with Crippen LogP contribution >= 0.6 is 0 Å². The van der Waals surface area contributed by atoms with Gasteiger partial charge in [-0.2, -0.15) is 0 Å². The highest BCUT2D eigenvalue weighted by molar-refractivity contribution is 7.89. The average molecular weight is 333 g/mol. The molecule has 1 N–H and O–H groups in total. The first-order valence-corrected chi connectivity index (χ1v) is 7.60. The zero-order valence-corrected chi connectivity index (χ0v) is 13.9. The first kappa shape index (κ1) is 18.1. The predicted molar refractivity (Wildman–Crippen MR) is 78.3 cm³/mol. The van der Waals surface area contributed by atoms with Gasteiger partial charge in [0.15, 0.2) is 11.5 Å². The van der Waals surface area contributed by atoms with Crippen molar-refractivity contribution in [2.75, 3.05) is 35.4 Å². The smallest absolute Gasteiger partial charge is 0.307 e. The monoisotopic (exact) mass is 333 g/mol. The Balaban J connectivity index is 3.86. The molecular formula is C13H19NO7S. The van der Waals surface area contributed by atoms with E-state index in [4.69, 9.17) is 19.3 Å². The number of carbonyl (C=O) groups is 1. The van der Waals surface area contributed by atoms with Gasteiger partial charge in [-0.25, -0.2) is 12.7 Å². The third-order valence-electron chi connectivity index (χ3n) is 2.94. The fourth-order valence-electron chi connectivity index (χ4n) is 1.94. The van der Waals surface area contributed by atoms with E-state index in [0.29, 0.717) is 0 Å². The zero-order valence-electron chi connectivity index (χ0n) is 13.0. The number of hydrogen-bond donors (Lipinski definition) is 1. The molecule has 22 heavy (non-hydrogen) atoms. The quantitative estimate of drug-likeness (QED) is 0.779. The second kappa shape index (κ2) is 6.84. The highest BCUT2D eigenvalue weighted by Gasteiger charge is 2.31. The third-order valence-corrected chi connectivity index (χ3v) is 4.87. The van der Waals surface area contributed by atoms with Crippen molar-refractivity contribution in [3.8, 4) is 17.2 Å². The Kier molecular flexibility index (Phi) is 5.61. The van der Waals surface area contributed by atoms with Crippen LogP contribution in [0.4, 0.5) is 0 Å². The summed E-state index contributed by atoms with van der Waals surface area (Å²) in [4.78, 5) is 10.8. The summed E-state index contributed by atoms with van der Waals surface area (Å²) < 4.78 is 41.5. The molecule has 8 nitrogen and oxygen atoms in total. The lowest BCUT2D eigenvalue weighted by atomic mass is 10.1. The number of ether oxygens (including phenoxy) is 3. The molecule has 124 valence electrons. The lowest BCUT2D eigenvalue weighted by Gasteiger charge is -2.21. The topological polar surface area (TPSA) is 102 Å². The summed E-state index contributed by atoms with van der Waals surface area (Å²) in [6, 6.07) is 1.33. The molecule has 1 rings (SSSR count). The summed E-state index contributed by atoms with van der Waals surface area (Å²) in [5.41, 5.74) is 0.0516. The van der Waals surface area contributed by atoms with Crippen LogP contribution in [0.5, 0.6) is 17.2 Å². The Morgan fingerprint density at radius 2 is 1.68 bits per heavy atom. The molecule has 1 aromatic rings. The van der Waals surface area contributed by atoms with Crippen LogP contribution in [-0.2, 0) is 21.2 Å². The van der Waals surface area contributed by atoms with Crippen LogP contribution in [0.1, 0.15) is 5.56 Å². The van der Waals surface area contributed by atoms with Crippen molar-refractivity contribution in [3.05, 3.63) is 11.6 Å². The molecule has 0 radical (unpaired) electrons. The van der Waals surface area contributed by atoms with E-state index in [1.807, 2.05) is 0 Å². The van der Waals surface area contributed by atoms with Crippen LogP contribution in [0.25, 0.3) is 0 Å². The molecule has 1 aromatic carbocycles. The van der Waals surface area contributed by atoms with Crippen LogP contribution in [0, 0.1) is 0 Å². The van der Waals surface area contributed by atoms with Crippen molar-refractivity contribution in [3.63, 3.8) is 0 Å². The van der Waals surface area contributed by atoms with E-state index < -0.39 is 22.4 Å². The minimum absolute atomic E-state index is 0.0516. The number of benzene rings is 1. The van der Waals surface area contributed by atoms with Crippen molar-refractivity contribution >= 4 is 16.0 Å². The van der Waals surface area contributed by atoms with E-state index in [1.54, 1.807) is 0 Å². The standard InChI is InChI=1S/C13H19NO7S/c1-14(2)22(17,18)13-8(7-10(15)16)6-9(19-3)11(20-4)12(13)21-5/h6H,7H2,1-5H3,(H,15,16). The van der Waals surface area contributed by atoms with Gasteiger partial charge in [-0.3, -0.25) is 4.79 Å². The molecule has 0 unspecified atom stereocenters. The summed E-state index contributed by atoms with van der Waals surface area (Å²) in [5, 5.41) is 9.03. The summed E-state index contributed by atoms with van der Waals surface area (Å²) in [6.07, 6.45) is -0.501. The zero-order chi connectivity index (χ0) is 17.1. The van der Waals surface area contributed by atoms with Crippen molar-refractivity contribution < 1.29 is 32.5 Å². The van der Waals surface area contributed by atoms with E-state index >= 15 is 0 Å². The van der Waals surface area contributed by atoms with Crippen molar-refractivity contribution in [1.29, 1.82) is 0 Å². The Hall–Kier alpha value is -2.00. The Morgan fingerprint density at radius 3 is 2.05 bits per heavy atom. The van der Waals surface area contributed by atoms with Crippen LogP contribution in [0.2, 0.25) is 0 Å². The maximum atomic E-state index is 12.5. The number of hydrogen-bond acceptors (Lipinski definition) is 6. The van der Waals surface area contributed by atoms with Gasteiger partial charge in [-0.1, -0.05) is 0 Å². The second-order valence-corrected chi connectivity index (χ2v) is 6.58. The fraction of sp³-hybridized carbons (Fsp3) is 0.462. The molecule has 0 aliphatic carbocycles. The number of carboxylic acids is 1. The molecule has 0 aromatic heterocycles. The molecular weight excluding hydrogens is 314 g/mol. The van der Waals surface area contributed by atoms with Gasteiger partial charge in [0.05, 0.1) is 27.8 Å².